The second-order valence-corrected chi connectivity index (χ2v) is 5.62. The predicted octanol–water partition coefficient (Wildman–Crippen LogP) is 2.16. The van der Waals surface area contributed by atoms with Crippen LogP contribution in [0.1, 0.15) is 25.0 Å². The minimum Gasteiger partial charge on any atom is -0.481 e. The van der Waals surface area contributed by atoms with Crippen molar-refractivity contribution >= 4 is 5.97 Å². The van der Waals surface area contributed by atoms with E-state index < -0.39 is 11.4 Å². The Bertz CT molecular complexity index is 638. The van der Waals surface area contributed by atoms with E-state index in [1.54, 1.807) is 6.20 Å². The molecule has 0 saturated heterocycles. The lowest BCUT2D eigenvalue weighted by Crippen LogP contribution is -2.23. The first kappa shape index (κ1) is 13.8. The second kappa shape index (κ2) is 5.33. The monoisotopic (exact) mass is 285 g/mol. The lowest BCUT2D eigenvalue weighted by atomic mass is 9.98. The van der Waals surface area contributed by atoms with Gasteiger partial charge in [-0.1, -0.05) is 30.3 Å². The topological polar surface area (TPSA) is 92.0 Å². The third-order valence-electron chi connectivity index (χ3n) is 4.35. The highest BCUT2D eigenvalue weighted by Gasteiger charge is 2.62. The van der Waals surface area contributed by atoms with Gasteiger partial charge in [-0.3, -0.25) is 4.79 Å². The Kier molecular flexibility index (Phi) is 3.51. The molecule has 1 heterocycles. The molecule has 1 aromatic carbocycles. The molecule has 2 aromatic rings. The second-order valence-electron chi connectivity index (χ2n) is 5.62. The molecule has 21 heavy (non-hydrogen) atoms. The van der Waals surface area contributed by atoms with E-state index in [4.69, 9.17) is 5.73 Å². The third kappa shape index (κ3) is 2.34. The van der Waals surface area contributed by atoms with Gasteiger partial charge in [0.2, 0.25) is 0 Å². The smallest absolute Gasteiger partial charge is 0.316 e. The molecule has 5 heteroatoms. The average molecular weight is 285 g/mol. The fraction of sp³-hybridized carbons (Fsp3) is 0.375. The number of nitrogens with zero attached hydrogens (tertiary/aromatic N) is 1. The quantitative estimate of drug-likeness (QED) is 0.758. The van der Waals surface area contributed by atoms with Gasteiger partial charge >= 0.3 is 5.97 Å². The van der Waals surface area contributed by atoms with E-state index in [9.17, 15) is 9.90 Å². The molecule has 0 spiro atoms. The summed E-state index contributed by atoms with van der Waals surface area (Å²) in [5.74, 6) is 0.103. The number of nitrogens with one attached hydrogen (secondary N) is 1. The Balaban J connectivity index is 1.86. The number of rotatable bonds is 6. The van der Waals surface area contributed by atoms with Crippen LogP contribution in [0.15, 0.2) is 36.5 Å². The zero-order chi connectivity index (χ0) is 14.9. The number of hydrogen-bond donors (Lipinski definition) is 3. The molecule has 1 aliphatic carbocycles. The van der Waals surface area contributed by atoms with Gasteiger partial charge in [-0.15, -0.1) is 0 Å². The Morgan fingerprint density at radius 1 is 1.43 bits per heavy atom. The van der Waals surface area contributed by atoms with Crippen LogP contribution in [0.4, 0.5) is 0 Å². The normalized spacial score (nSPS) is 24.0. The molecule has 0 bridgehead atoms. The van der Waals surface area contributed by atoms with E-state index in [2.05, 4.69) is 9.97 Å². The van der Waals surface area contributed by atoms with Crippen LogP contribution in [-0.2, 0) is 10.2 Å². The summed E-state index contributed by atoms with van der Waals surface area (Å²) in [6.07, 6.45) is 4.04. The minimum atomic E-state index is -0.796. The number of imidazole rings is 1. The summed E-state index contributed by atoms with van der Waals surface area (Å²) < 4.78 is 0. The van der Waals surface area contributed by atoms with Gasteiger partial charge in [0.25, 0.3) is 0 Å². The Morgan fingerprint density at radius 3 is 2.86 bits per heavy atom. The first-order valence-electron chi connectivity index (χ1n) is 7.23. The number of carboxylic acid groups (broad SMARTS) is 1. The summed E-state index contributed by atoms with van der Waals surface area (Å²) >= 11 is 0. The molecule has 0 aliphatic heterocycles. The van der Waals surface area contributed by atoms with Crippen molar-refractivity contribution in [3.63, 3.8) is 0 Å². The van der Waals surface area contributed by atoms with Crippen molar-refractivity contribution in [1.29, 1.82) is 0 Å². The van der Waals surface area contributed by atoms with Crippen LogP contribution in [0.2, 0.25) is 0 Å². The first-order valence-corrected chi connectivity index (χ1v) is 7.23. The Hall–Kier alpha value is -2.14. The van der Waals surface area contributed by atoms with E-state index in [1.165, 1.54) is 0 Å². The van der Waals surface area contributed by atoms with Gasteiger partial charge in [0, 0.05) is 11.8 Å². The first-order chi connectivity index (χ1) is 10.2. The summed E-state index contributed by atoms with van der Waals surface area (Å²) in [5, 5.41) is 9.63. The lowest BCUT2D eigenvalue weighted by Gasteiger charge is -2.10. The van der Waals surface area contributed by atoms with Gasteiger partial charge in [-0.25, -0.2) is 4.98 Å². The van der Waals surface area contributed by atoms with Gasteiger partial charge in [-0.05, 0) is 31.7 Å². The summed E-state index contributed by atoms with van der Waals surface area (Å²) in [4.78, 5) is 19.3. The van der Waals surface area contributed by atoms with Crippen LogP contribution in [-0.4, -0.2) is 27.6 Å². The molecule has 0 radical (unpaired) electrons. The maximum Gasteiger partial charge on any atom is 0.316 e. The molecule has 2 atom stereocenters. The minimum absolute atomic E-state index is 0.155. The Morgan fingerprint density at radius 2 is 2.19 bits per heavy atom. The number of aromatic nitrogens is 2. The predicted molar refractivity (Wildman–Crippen MR) is 79.7 cm³/mol. The van der Waals surface area contributed by atoms with Crippen LogP contribution in [0.5, 0.6) is 0 Å². The summed E-state index contributed by atoms with van der Waals surface area (Å²) in [6, 6.07) is 9.72. The molecular weight excluding hydrogens is 266 g/mol. The number of carbonyl (C=O) groups is 1. The van der Waals surface area contributed by atoms with E-state index in [0.29, 0.717) is 18.7 Å². The number of nitrogens with two attached hydrogens (primary N) is 1. The number of hydrogen-bond acceptors (Lipinski definition) is 3. The van der Waals surface area contributed by atoms with E-state index in [-0.39, 0.29) is 5.92 Å². The standard InChI is InChI=1S/C16H19N3O2/c17-8-4-7-12-9-16(12,15(20)21)13-10-18-14(19-13)11-5-2-1-3-6-11/h1-3,5-6,10,12H,4,7-9,17H2,(H,18,19)(H,20,21). The fourth-order valence-electron chi connectivity index (χ4n) is 3.04. The van der Waals surface area contributed by atoms with Crippen LogP contribution in [0.25, 0.3) is 11.4 Å². The number of benzene rings is 1. The SMILES string of the molecule is NCCCC1CC1(C(=O)O)c1cnc(-c2ccccc2)[nH]1. The van der Waals surface area contributed by atoms with Gasteiger partial charge in [0.05, 0.1) is 5.69 Å². The maximum absolute atomic E-state index is 11.7. The number of aromatic amines is 1. The van der Waals surface area contributed by atoms with Gasteiger partial charge < -0.3 is 15.8 Å². The molecule has 4 N–H and O–H groups in total. The van der Waals surface area contributed by atoms with Crippen LogP contribution >= 0.6 is 0 Å². The van der Waals surface area contributed by atoms with Crippen LogP contribution in [0, 0.1) is 5.92 Å². The van der Waals surface area contributed by atoms with E-state index >= 15 is 0 Å². The third-order valence-corrected chi connectivity index (χ3v) is 4.35. The fourth-order valence-corrected chi connectivity index (χ4v) is 3.04. The van der Waals surface area contributed by atoms with Crippen molar-refractivity contribution in [3.05, 3.63) is 42.2 Å². The molecule has 5 nitrogen and oxygen atoms in total. The average Bonchev–Trinajstić information content (AvgIpc) is 3.03. The summed E-state index contributed by atoms with van der Waals surface area (Å²) in [7, 11) is 0. The highest BCUT2D eigenvalue weighted by atomic mass is 16.4. The molecule has 2 unspecified atom stereocenters. The zero-order valence-corrected chi connectivity index (χ0v) is 11.7. The van der Waals surface area contributed by atoms with Gasteiger partial charge in [0.1, 0.15) is 11.2 Å². The van der Waals surface area contributed by atoms with Crippen molar-refractivity contribution in [2.75, 3.05) is 6.54 Å². The molecular formula is C16H19N3O2. The Labute approximate surface area is 123 Å². The van der Waals surface area contributed by atoms with Gasteiger partial charge in [0.15, 0.2) is 0 Å². The largest absolute Gasteiger partial charge is 0.481 e. The summed E-state index contributed by atoms with van der Waals surface area (Å²) in [6.45, 7) is 0.602. The van der Waals surface area contributed by atoms with Crippen molar-refractivity contribution in [2.45, 2.75) is 24.7 Å². The number of aliphatic carboxylic acids is 1. The van der Waals surface area contributed by atoms with E-state index in [1.807, 2.05) is 30.3 Å². The molecule has 1 aromatic heterocycles. The lowest BCUT2D eigenvalue weighted by molar-refractivity contribution is -0.140. The highest BCUT2D eigenvalue weighted by molar-refractivity contribution is 5.85. The number of carboxylic acids is 1. The molecule has 1 saturated carbocycles. The van der Waals surface area contributed by atoms with Crippen LogP contribution < -0.4 is 5.73 Å². The van der Waals surface area contributed by atoms with Crippen LogP contribution in [0.3, 0.4) is 0 Å². The maximum atomic E-state index is 11.7. The van der Waals surface area contributed by atoms with E-state index in [0.717, 1.165) is 24.2 Å². The molecule has 1 fully saturated rings. The van der Waals surface area contributed by atoms with Crippen molar-refractivity contribution in [3.8, 4) is 11.4 Å². The molecule has 3 rings (SSSR count). The molecule has 0 amide bonds. The molecule has 110 valence electrons. The zero-order valence-electron chi connectivity index (χ0n) is 11.7. The summed E-state index contributed by atoms with van der Waals surface area (Å²) in [5.41, 5.74) is 6.39. The van der Waals surface area contributed by atoms with Crippen molar-refractivity contribution < 1.29 is 9.90 Å². The number of H-pyrrole nitrogens is 1. The molecule has 1 aliphatic rings. The van der Waals surface area contributed by atoms with Crippen molar-refractivity contribution in [2.24, 2.45) is 11.7 Å². The highest BCUT2D eigenvalue weighted by Crippen LogP contribution is 2.56. The van der Waals surface area contributed by atoms with Gasteiger partial charge in [-0.2, -0.15) is 0 Å². The van der Waals surface area contributed by atoms with Crippen molar-refractivity contribution in [1.82, 2.24) is 9.97 Å².